The van der Waals surface area contributed by atoms with Crippen LogP contribution >= 0.6 is 11.8 Å². The van der Waals surface area contributed by atoms with Crippen molar-refractivity contribution in [2.75, 3.05) is 0 Å². The number of non-ortho nitro benzene ring substituents is 1. The van der Waals surface area contributed by atoms with E-state index in [4.69, 9.17) is 5.11 Å². The molecule has 0 saturated carbocycles. The Hall–Kier alpha value is -2.41. The molecule has 1 aromatic carbocycles. The zero-order chi connectivity index (χ0) is 13.8. The summed E-state index contributed by atoms with van der Waals surface area (Å²) in [7, 11) is 0. The zero-order valence-electron chi connectivity index (χ0n) is 9.52. The second kappa shape index (κ2) is 5.49. The minimum absolute atomic E-state index is 0.00228. The maximum absolute atomic E-state index is 11.0. The van der Waals surface area contributed by atoms with Gasteiger partial charge in [-0.25, -0.2) is 4.79 Å². The summed E-state index contributed by atoms with van der Waals surface area (Å²) in [5, 5.41) is 19.5. The fourth-order valence-corrected chi connectivity index (χ4v) is 2.30. The first-order valence-corrected chi connectivity index (χ1v) is 5.99. The highest BCUT2D eigenvalue weighted by molar-refractivity contribution is 7.99. The molecule has 0 radical (unpaired) electrons. The molecule has 1 N–H and O–H groups in total. The topological polar surface area (TPSA) is 93.3 Å². The molecule has 0 fully saturated rings. The first-order chi connectivity index (χ1) is 9.08. The molecule has 0 amide bonds. The van der Waals surface area contributed by atoms with Gasteiger partial charge in [0.15, 0.2) is 0 Å². The van der Waals surface area contributed by atoms with Crippen LogP contribution in [0.2, 0.25) is 0 Å². The van der Waals surface area contributed by atoms with Gasteiger partial charge in [-0.2, -0.15) is 0 Å². The Kier molecular flexibility index (Phi) is 3.76. The summed E-state index contributed by atoms with van der Waals surface area (Å²) in [6, 6.07) is 7.51. The molecule has 0 aliphatic heterocycles. The van der Waals surface area contributed by atoms with Crippen molar-refractivity contribution in [1.82, 2.24) is 4.98 Å². The Labute approximate surface area is 112 Å². The lowest BCUT2D eigenvalue weighted by Gasteiger charge is -2.04. The molecule has 0 bridgehead atoms. The highest BCUT2D eigenvalue weighted by Crippen LogP contribution is 2.30. The van der Waals surface area contributed by atoms with Crippen LogP contribution in [0.15, 0.2) is 52.5 Å². The molecular weight excluding hydrogens is 268 g/mol. The van der Waals surface area contributed by atoms with E-state index in [-0.39, 0.29) is 11.3 Å². The van der Waals surface area contributed by atoms with Gasteiger partial charge < -0.3 is 5.11 Å². The van der Waals surface area contributed by atoms with Crippen molar-refractivity contribution in [3.8, 4) is 0 Å². The quantitative estimate of drug-likeness (QED) is 0.681. The smallest absolute Gasteiger partial charge is 0.338 e. The van der Waals surface area contributed by atoms with Gasteiger partial charge in [-0.3, -0.25) is 15.1 Å². The first kappa shape index (κ1) is 13.0. The number of hydrogen-bond donors (Lipinski definition) is 1. The highest BCUT2D eigenvalue weighted by Gasteiger charge is 2.11. The molecule has 2 aromatic rings. The van der Waals surface area contributed by atoms with Gasteiger partial charge >= 0.3 is 5.97 Å². The third-order valence-corrected chi connectivity index (χ3v) is 3.37. The molecule has 0 atom stereocenters. The number of aromatic carboxylic acids is 1. The van der Waals surface area contributed by atoms with E-state index >= 15 is 0 Å². The zero-order valence-corrected chi connectivity index (χ0v) is 10.3. The van der Waals surface area contributed by atoms with Gasteiger partial charge in [-0.05, 0) is 18.2 Å². The summed E-state index contributed by atoms with van der Waals surface area (Å²) in [5.74, 6) is -1.06. The molecule has 19 heavy (non-hydrogen) atoms. The predicted octanol–water partition coefficient (Wildman–Crippen LogP) is 2.84. The van der Waals surface area contributed by atoms with Crippen LogP contribution in [0.5, 0.6) is 0 Å². The standard InChI is InChI=1S/C12H8N2O4S/c15-12(16)10-7-13-6-5-11(10)19-9-3-1-8(2-4-9)14(17)18/h1-7H,(H,15,16). The molecule has 0 saturated heterocycles. The molecule has 0 unspecified atom stereocenters. The number of nitro benzene ring substituents is 1. The van der Waals surface area contributed by atoms with Crippen LogP contribution in [0.3, 0.4) is 0 Å². The number of carboxylic acid groups (broad SMARTS) is 1. The van der Waals surface area contributed by atoms with Gasteiger partial charge in [0.05, 0.1) is 10.5 Å². The van der Waals surface area contributed by atoms with Crippen molar-refractivity contribution in [2.45, 2.75) is 9.79 Å². The summed E-state index contributed by atoms with van der Waals surface area (Å²) < 4.78 is 0. The monoisotopic (exact) mass is 276 g/mol. The van der Waals surface area contributed by atoms with E-state index in [0.29, 0.717) is 4.90 Å². The van der Waals surface area contributed by atoms with Crippen molar-refractivity contribution < 1.29 is 14.8 Å². The van der Waals surface area contributed by atoms with E-state index in [2.05, 4.69) is 4.98 Å². The minimum Gasteiger partial charge on any atom is -0.478 e. The van der Waals surface area contributed by atoms with Crippen molar-refractivity contribution in [3.05, 3.63) is 58.4 Å². The van der Waals surface area contributed by atoms with Crippen molar-refractivity contribution in [2.24, 2.45) is 0 Å². The minimum atomic E-state index is -1.06. The van der Waals surface area contributed by atoms with Crippen molar-refractivity contribution in [1.29, 1.82) is 0 Å². The van der Waals surface area contributed by atoms with Crippen LogP contribution in [-0.4, -0.2) is 21.0 Å². The van der Waals surface area contributed by atoms with Crippen LogP contribution in [0, 0.1) is 10.1 Å². The number of benzene rings is 1. The fraction of sp³-hybridized carbons (Fsp3) is 0. The van der Waals surface area contributed by atoms with Gasteiger partial charge in [0.2, 0.25) is 0 Å². The van der Waals surface area contributed by atoms with E-state index in [1.54, 1.807) is 18.2 Å². The fourth-order valence-electron chi connectivity index (χ4n) is 1.39. The molecule has 1 aromatic heterocycles. The van der Waals surface area contributed by atoms with Crippen LogP contribution in [0.4, 0.5) is 5.69 Å². The van der Waals surface area contributed by atoms with E-state index in [1.807, 2.05) is 0 Å². The lowest BCUT2D eigenvalue weighted by atomic mass is 10.3. The van der Waals surface area contributed by atoms with Gasteiger partial charge in [0.25, 0.3) is 5.69 Å². The third-order valence-electron chi connectivity index (χ3n) is 2.29. The lowest BCUT2D eigenvalue weighted by molar-refractivity contribution is -0.384. The molecule has 1 heterocycles. The molecule has 6 nitrogen and oxygen atoms in total. The molecule has 7 heteroatoms. The molecular formula is C12H8N2O4S. The largest absolute Gasteiger partial charge is 0.478 e. The number of aromatic nitrogens is 1. The number of hydrogen-bond acceptors (Lipinski definition) is 5. The average molecular weight is 276 g/mol. The molecule has 96 valence electrons. The van der Waals surface area contributed by atoms with Crippen LogP contribution in [-0.2, 0) is 0 Å². The third kappa shape index (κ3) is 3.08. The molecule has 2 rings (SSSR count). The summed E-state index contributed by atoms with van der Waals surface area (Å²) in [6.45, 7) is 0. The van der Waals surface area contributed by atoms with Gasteiger partial charge in [-0.15, -0.1) is 0 Å². The summed E-state index contributed by atoms with van der Waals surface area (Å²) in [5.41, 5.74) is 0.100. The number of carboxylic acids is 1. The molecule has 0 spiro atoms. The Morgan fingerprint density at radius 3 is 2.53 bits per heavy atom. The van der Waals surface area contributed by atoms with Crippen molar-refractivity contribution >= 4 is 23.4 Å². The maximum Gasteiger partial charge on any atom is 0.338 e. The average Bonchev–Trinajstić information content (AvgIpc) is 2.39. The SMILES string of the molecule is O=C(O)c1cnccc1Sc1ccc([N+](=O)[O-])cc1. The second-order valence-electron chi connectivity index (χ2n) is 3.53. The second-order valence-corrected chi connectivity index (χ2v) is 4.65. The van der Waals surface area contributed by atoms with E-state index in [1.165, 1.54) is 36.3 Å². The number of rotatable bonds is 4. The predicted molar refractivity (Wildman–Crippen MR) is 68.4 cm³/mol. The summed E-state index contributed by atoms with van der Waals surface area (Å²) in [6.07, 6.45) is 2.77. The normalized spacial score (nSPS) is 10.1. The Bertz CT molecular complexity index is 628. The molecule has 0 aliphatic rings. The Morgan fingerprint density at radius 2 is 1.95 bits per heavy atom. The molecule has 0 aliphatic carbocycles. The van der Waals surface area contributed by atoms with Crippen LogP contribution in [0.1, 0.15) is 10.4 Å². The summed E-state index contributed by atoms with van der Waals surface area (Å²) >= 11 is 1.22. The number of nitro groups is 1. The van der Waals surface area contributed by atoms with Gasteiger partial charge in [-0.1, -0.05) is 11.8 Å². The number of carbonyl (C=O) groups is 1. The van der Waals surface area contributed by atoms with E-state index < -0.39 is 10.9 Å². The first-order valence-electron chi connectivity index (χ1n) is 5.17. The number of nitrogens with zero attached hydrogens (tertiary/aromatic N) is 2. The lowest BCUT2D eigenvalue weighted by Crippen LogP contribution is -1.99. The Balaban J connectivity index is 2.26. The van der Waals surface area contributed by atoms with Gasteiger partial charge in [0.1, 0.15) is 0 Å². The number of pyridine rings is 1. The highest BCUT2D eigenvalue weighted by atomic mass is 32.2. The van der Waals surface area contributed by atoms with E-state index in [9.17, 15) is 14.9 Å². The van der Waals surface area contributed by atoms with E-state index in [0.717, 1.165) is 4.90 Å². The maximum atomic E-state index is 11.0. The van der Waals surface area contributed by atoms with Crippen molar-refractivity contribution in [3.63, 3.8) is 0 Å². The van der Waals surface area contributed by atoms with Crippen LogP contribution < -0.4 is 0 Å². The Morgan fingerprint density at radius 1 is 1.26 bits per heavy atom. The summed E-state index contributed by atoms with van der Waals surface area (Å²) in [4.78, 5) is 26.1. The van der Waals surface area contributed by atoms with Crippen LogP contribution in [0.25, 0.3) is 0 Å². The van der Waals surface area contributed by atoms with Gasteiger partial charge in [0, 0.05) is 34.3 Å².